The van der Waals surface area contributed by atoms with Gasteiger partial charge in [-0.2, -0.15) is 0 Å². The van der Waals surface area contributed by atoms with E-state index in [9.17, 15) is 13.2 Å². The molecular weight excluding hydrogens is 342 g/mol. The summed E-state index contributed by atoms with van der Waals surface area (Å²) in [6.45, 7) is 2.39. The van der Waals surface area contributed by atoms with Crippen molar-refractivity contribution in [3.63, 3.8) is 0 Å². The molecule has 1 heterocycles. The van der Waals surface area contributed by atoms with Gasteiger partial charge in [0.15, 0.2) is 21.3 Å². The van der Waals surface area contributed by atoms with Gasteiger partial charge in [0.25, 0.3) is 0 Å². The molecule has 1 N–H and O–H groups in total. The Bertz CT molecular complexity index is 875. The zero-order valence-electron chi connectivity index (χ0n) is 13.8. The summed E-state index contributed by atoms with van der Waals surface area (Å²) in [5.41, 5.74) is 1.85. The maximum absolute atomic E-state index is 12.2. The standard InChI is InChI=1S/C18H19NO5S/c1-13-2-5-15(6-3-13)25(21,22)9-8-18(20)19-11-14-4-7-16-17(10-14)24-12-23-16/h2-7,10H,8-9,11-12H2,1H3,(H,19,20). The average Bonchev–Trinajstić information content (AvgIpc) is 3.06. The largest absolute Gasteiger partial charge is 0.454 e. The third kappa shape index (κ3) is 4.30. The zero-order valence-corrected chi connectivity index (χ0v) is 14.6. The van der Waals surface area contributed by atoms with E-state index in [1.807, 2.05) is 13.0 Å². The number of benzene rings is 2. The number of carbonyl (C=O) groups excluding carboxylic acids is 1. The molecule has 132 valence electrons. The molecule has 7 heteroatoms. The summed E-state index contributed by atoms with van der Waals surface area (Å²) >= 11 is 0. The first-order chi connectivity index (χ1) is 11.9. The van der Waals surface area contributed by atoms with E-state index in [1.54, 1.807) is 36.4 Å². The Kier molecular flexibility index (Phi) is 4.94. The molecule has 0 atom stereocenters. The van der Waals surface area contributed by atoms with Crippen LogP contribution in [-0.2, 0) is 21.2 Å². The Labute approximate surface area is 146 Å². The molecule has 2 aromatic carbocycles. The number of ether oxygens (including phenoxy) is 2. The number of hydrogen-bond donors (Lipinski definition) is 1. The normalized spacial score (nSPS) is 12.8. The van der Waals surface area contributed by atoms with Crippen LogP contribution >= 0.6 is 0 Å². The summed E-state index contributed by atoms with van der Waals surface area (Å²) in [4.78, 5) is 12.2. The Morgan fingerprint density at radius 2 is 1.80 bits per heavy atom. The Balaban J connectivity index is 1.52. The van der Waals surface area contributed by atoms with Crippen LogP contribution in [0.25, 0.3) is 0 Å². The Morgan fingerprint density at radius 1 is 1.08 bits per heavy atom. The fraction of sp³-hybridized carbons (Fsp3) is 0.278. The maximum Gasteiger partial charge on any atom is 0.231 e. The van der Waals surface area contributed by atoms with Crippen LogP contribution in [0.1, 0.15) is 17.5 Å². The van der Waals surface area contributed by atoms with Gasteiger partial charge in [-0.25, -0.2) is 8.42 Å². The molecule has 0 spiro atoms. The van der Waals surface area contributed by atoms with Crippen molar-refractivity contribution >= 4 is 15.7 Å². The minimum absolute atomic E-state index is 0.0826. The highest BCUT2D eigenvalue weighted by Gasteiger charge is 2.17. The SMILES string of the molecule is Cc1ccc(S(=O)(=O)CCC(=O)NCc2ccc3c(c2)OCO3)cc1. The van der Waals surface area contributed by atoms with E-state index < -0.39 is 9.84 Å². The summed E-state index contributed by atoms with van der Waals surface area (Å²) < 4.78 is 35.0. The minimum Gasteiger partial charge on any atom is -0.454 e. The molecule has 6 nitrogen and oxygen atoms in total. The van der Waals surface area contributed by atoms with Gasteiger partial charge < -0.3 is 14.8 Å². The van der Waals surface area contributed by atoms with Crippen LogP contribution in [-0.4, -0.2) is 26.9 Å². The van der Waals surface area contributed by atoms with E-state index in [0.717, 1.165) is 11.1 Å². The first kappa shape index (κ1) is 17.3. The smallest absolute Gasteiger partial charge is 0.231 e. The molecular formula is C18H19NO5S. The third-order valence-corrected chi connectivity index (χ3v) is 5.64. The maximum atomic E-state index is 12.2. The number of sulfone groups is 1. The van der Waals surface area contributed by atoms with Crippen LogP contribution in [0.5, 0.6) is 11.5 Å². The highest BCUT2D eigenvalue weighted by molar-refractivity contribution is 7.91. The van der Waals surface area contributed by atoms with Crippen LogP contribution in [0.4, 0.5) is 0 Å². The highest BCUT2D eigenvalue weighted by atomic mass is 32.2. The summed E-state index contributed by atoms with van der Waals surface area (Å²) in [5, 5.41) is 2.72. The van der Waals surface area contributed by atoms with Crippen LogP contribution < -0.4 is 14.8 Å². The van der Waals surface area contributed by atoms with Gasteiger partial charge in [-0.3, -0.25) is 4.79 Å². The van der Waals surface area contributed by atoms with E-state index in [2.05, 4.69) is 5.32 Å². The molecule has 0 unspecified atom stereocenters. The molecule has 0 saturated carbocycles. The number of rotatable bonds is 6. The van der Waals surface area contributed by atoms with Crippen LogP contribution in [0, 0.1) is 6.92 Å². The van der Waals surface area contributed by atoms with Gasteiger partial charge in [0, 0.05) is 13.0 Å². The number of fused-ring (bicyclic) bond motifs is 1. The molecule has 0 radical (unpaired) electrons. The van der Waals surface area contributed by atoms with Crippen molar-refractivity contribution < 1.29 is 22.7 Å². The van der Waals surface area contributed by atoms with Crippen LogP contribution in [0.2, 0.25) is 0 Å². The molecule has 0 aromatic heterocycles. The van der Waals surface area contributed by atoms with Crippen LogP contribution in [0.3, 0.4) is 0 Å². The first-order valence-corrected chi connectivity index (χ1v) is 9.54. The van der Waals surface area contributed by atoms with Crippen molar-refractivity contribution in [2.45, 2.75) is 24.8 Å². The quantitative estimate of drug-likeness (QED) is 0.853. The van der Waals surface area contributed by atoms with Gasteiger partial charge in [0.2, 0.25) is 12.7 Å². The lowest BCUT2D eigenvalue weighted by atomic mass is 10.2. The Hall–Kier alpha value is -2.54. The van der Waals surface area contributed by atoms with Crippen molar-refractivity contribution in [2.24, 2.45) is 0 Å². The third-order valence-electron chi connectivity index (χ3n) is 3.90. The van der Waals surface area contributed by atoms with Gasteiger partial charge in [-0.1, -0.05) is 23.8 Å². The molecule has 25 heavy (non-hydrogen) atoms. The Morgan fingerprint density at radius 3 is 2.56 bits per heavy atom. The molecule has 0 bridgehead atoms. The average molecular weight is 361 g/mol. The predicted octanol–water partition coefficient (Wildman–Crippen LogP) is 2.20. The zero-order chi connectivity index (χ0) is 17.9. The second kappa shape index (κ2) is 7.14. The number of hydrogen-bond acceptors (Lipinski definition) is 5. The summed E-state index contributed by atoms with van der Waals surface area (Å²) in [6, 6.07) is 12.0. The molecule has 0 aliphatic carbocycles. The highest BCUT2D eigenvalue weighted by Crippen LogP contribution is 2.32. The van der Waals surface area contributed by atoms with E-state index >= 15 is 0 Å². The number of amides is 1. The molecule has 0 fully saturated rings. The van der Waals surface area contributed by atoms with E-state index in [4.69, 9.17) is 9.47 Å². The van der Waals surface area contributed by atoms with Gasteiger partial charge >= 0.3 is 0 Å². The van der Waals surface area contributed by atoms with Crippen molar-refractivity contribution in [1.29, 1.82) is 0 Å². The second-order valence-electron chi connectivity index (χ2n) is 5.85. The van der Waals surface area contributed by atoms with Gasteiger partial charge in [0.1, 0.15) is 0 Å². The number of carbonyl (C=O) groups is 1. The molecule has 1 aliphatic rings. The first-order valence-electron chi connectivity index (χ1n) is 7.89. The topological polar surface area (TPSA) is 81.7 Å². The van der Waals surface area contributed by atoms with Gasteiger partial charge in [-0.05, 0) is 36.8 Å². The van der Waals surface area contributed by atoms with Crippen molar-refractivity contribution in [2.75, 3.05) is 12.5 Å². The van der Waals surface area contributed by atoms with Crippen molar-refractivity contribution in [1.82, 2.24) is 5.32 Å². The number of aryl methyl sites for hydroxylation is 1. The second-order valence-corrected chi connectivity index (χ2v) is 7.96. The summed E-state index contributed by atoms with van der Waals surface area (Å²) in [7, 11) is -3.46. The lowest BCUT2D eigenvalue weighted by molar-refractivity contribution is -0.120. The molecule has 0 saturated heterocycles. The minimum atomic E-state index is -3.46. The fourth-order valence-electron chi connectivity index (χ4n) is 2.43. The summed E-state index contributed by atoms with van der Waals surface area (Å²) in [6.07, 6.45) is -0.0826. The molecule has 3 rings (SSSR count). The predicted molar refractivity (Wildman–Crippen MR) is 92.3 cm³/mol. The lowest BCUT2D eigenvalue weighted by Gasteiger charge is -2.07. The van der Waals surface area contributed by atoms with Gasteiger partial charge in [0.05, 0.1) is 10.6 Å². The lowest BCUT2D eigenvalue weighted by Crippen LogP contribution is -2.25. The fourth-order valence-corrected chi connectivity index (χ4v) is 3.67. The number of nitrogens with one attached hydrogen (secondary N) is 1. The molecule has 1 amide bonds. The summed E-state index contributed by atoms with van der Waals surface area (Å²) in [5.74, 6) is 0.796. The molecule has 2 aromatic rings. The monoisotopic (exact) mass is 361 g/mol. The van der Waals surface area contributed by atoms with Gasteiger partial charge in [-0.15, -0.1) is 0 Å². The van der Waals surface area contributed by atoms with E-state index in [-0.39, 0.29) is 29.8 Å². The van der Waals surface area contributed by atoms with E-state index in [1.165, 1.54) is 0 Å². The van der Waals surface area contributed by atoms with Crippen molar-refractivity contribution in [3.05, 3.63) is 53.6 Å². The molecule has 1 aliphatic heterocycles. The van der Waals surface area contributed by atoms with E-state index in [0.29, 0.717) is 18.0 Å². The van der Waals surface area contributed by atoms with Crippen molar-refractivity contribution in [3.8, 4) is 11.5 Å². The van der Waals surface area contributed by atoms with Crippen LogP contribution in [0.15, 0.2) is 47.4 Å².